The van der Waals surface area contributed by atoms with Crippen LogP contribution in [0.1, 0.15) is 13.8 Å². The minimum atomic E-state index is 0. The molecule has 0 aromatic heterocycles. The van der Waals surface area contributed by atoms with Gasteiger partial charge in [-0.15, -0.1) is 0 Å². The van der Waals surface area contributed by atoms with E-state index in [4.69, 9.17) is 4.74 Å². The van der Waals surface area contributed by atoms with E-state index in [0.29, 0.717) is 0 Å². The van der Waals surface area contributed by atoms with Gasteiger partial charge < -0.3 is 4.74 Å². The average Bonchev–Trinajstić information content (AvgIpc) is 1.41. The number of hydrogen-bond donors (Lipinski definition) is 0. The molecule has 0 saturated heterocycles. The van der Waals surface area contributed by atoms with Crippen molar-refractivity contribution in [3.05, 3.63) is 0 Å². The van der Waals surface area contributed by atoms with Gasteiger partial charge in [-0.1, -0.05) is 0 Å². The van der Waals surface area contributed by atoms with Crippen LogP contribution in [0, 0.1) is 0 Å². The van der Waals surface area contributed by atoms with Crippen molar-refractivity contribution < 1.29 is 21.8 Å². The predicted octanol–water partition coefficient (Wildman–Crippen LogP) is 1.04. The third-order valence-electron chi connectivity index (χ3n) is 0.408. The van der Waals surface area contributed by atoms with Crippen molar-refractivity contribution in [3.8, 4) is 0 Å². The van der Waals surface area contributed by atoms with E-state index in [9.17, 15) is 0 Å². The van der Waals surface area contributed by atoms with Crippen molar-refractivity contribution in [1.82, 2.24) is 0 Å². The fraction of sp³-hybridized carbons (Fsp3) is 1.00. The largest absolute Gasteiger partial charge is 0.382 e. The average molecular weight is 130 g/mol. The molecule has 0 saturated carbocycles. The van der Waals surface area contributed by atoms with E-state index in [2.05, 4.69) is 0 Å². The van der Waals surface area contributed by atoms with E-state index in [1.54, 1.807) is 0 Å². The summed E-state index contributed by atoms with van der Waals surface area (Å²) in [6.45, 7) is 5.67. The van der Waals surface area contributed by atoms with Crippen molar-refractivity contribution in [3.63, 3.8) is 0 Å². The van der Waals surface area contributed by atoms with Gasteiger partial charge in [0.2, 0.25) is 0 Å². The molecule has 0 aliphatic carbocycles. The molecule has 0 amide bonds. The molecular weight excluding hydrogens is 120 g/mol. The summed E-state index contributed by atoms with van der Waals surface area (Å²) in [7, 11) is 0. The Morgan fingerprint density at radius 2 is 1.50 bits per heavy atom. The molecule has 2 heteroatoms. The molecule has 0 N–H and O–H groups in total. The molecule has 0 aliphatic heterocycles. The summed E-state index contributed by atoms with van der Waals surface area (Å²) in [6, 6.07) is 0. The number of hydrogen-bond acceptors (Lipinski definition) is 1. The van der Waals surface area contributed by atoms with Gasteiger partial charge in [0, 0.05) is 30.3 Å². The first-order valence-electron chi connectivity index (χ1n) is 1.99. The molecule has 0 fully saturated rings. The third-order valence-corrected chi connectivity index (χ3v) is 0.408. The Morgan fingerprint density at radius 1 is 1.17 bits per heavy atom. The van der Waals surface area contributed by atoms with Crippen LogP contribution in [0.2, 0.25) is 0 Å². The van der Waals surface area contributed by atoms with Gasteiger partial charge in [-0.05, 0) is 13.8 Å². The van der Waals surface area contributed by atoms with E-state index in [1.807, 2.05) is 13.8 Å². The predicted molar refractivity (Wildman–Crippen MR) is 22.2 cm³/mol. The van der Waals surface area contributed by atoms with E-state index >= 15 is 0 Å². The molecule has 0 aliphatic rings. The first kappa shape index (κ1) is 9.70. The van der Waals surface area contributed by atoms with E-state index < -0.39 is 0 Å². The number of rotatable bonds is 2. The topological polar surface area (TPSA) is 9.23 Å². The second kappa shape index (κ2) is 9.08. The van der Waals surface area contributed by atoms with Crippen molar-refractivity contribution >= 4 is 0 Å². The SMILES string of the molecule is CCOCC.[Fe]. The second-order valence-electron chi connectivity index (χ2n) is 0.781. The number of ether oxygens (including phenoxy) is 1. The zero-order valence-electron chi connectivity index (χ0n) is 4.18. The van der Waals surface area contributed by atoms with Gasteiger partial charge in [0.05, 0.1) is 0 Å². The van der Waals surface area contributed by atoms with Crippen molar-refractivity contribution in [2.45, 2.75) is 13.8 Å². The molecule has 6 heavy (non-hydrogen) atoms. The first-order chi connectivity index (χ1) is 2.41. The summed E-state index contributed by atoms with van der Waals surface area (Å²) in [5, 5.41) is 0. The standard InChI is InChI=1S/C4H10O.Fe/c1-3-5-4-2;/h3-4H2,1-2H3;. The van der Waals surface area contributed by atoms with Crippen LogP contribution in [0.15, 0.2) is 0 Å². The zero-order chi connectivity index (χ0) is 4.12. The molecule has 1 nitrogen and oxygen atoms in total. The Balaban J connectivity index is 0. The molecule has 0 heterocycles. The van der Waals surface area contributed by atoms with E-state index in [0.717, 1.165) is 13.2 Å². The second-order valence-corrected chi connectivity index (χ2v) is 0.781. The van der Waals surface area contributed by atoms with Gasteiger partial charge >= 0.3 is 0 Å². The van der Waals surface area contributed by atoms with Crippen molar-refractivity contribution in [2.24, 2.45) is 0 Å². The normalized spacial score (nSPS) is 7.00. The summed E-state index contributed by atoms with van der Waals surface area (Å²) in [5.41, 5.74) is 0. The molecule has 0 bridgehead atoms. The Bertz CT molecular complexity index is 15.0. The summed E-state index contributed by atoms with van der Waals surface area (Å²) >= 11 is 0. The maximum Gasteiger partial charge on any atom is 0.0437 e. The third kappa shape index (κ3) is 8.82. The van der Waals surface area contributed by atoms with Crippen LogP contribution in [-0.4, -0.2) is 13.2 Å². The smallest absolute Gasteiger partial charge is 0.0437 e. The molecule has 0 rings (SSSR count). The first-order valence-corrected chi connectivity index (χ1v) is 1.99. The Hall–Kier alpha value is 0.479. The Labute approximate surface area is 49.5 Å². The fourth-order valence-electron chi connectivity index (χ4n) is 0.204. The van der Waals surface area contributed by atoms with Crippen LogP contribution in [0.3, 0.4) is 0 Å². The fourth-order valence-corrected chi connectivity index (χ4v) is 0.204. The summed E-state index contributed by atoms with van der Waals surface area (Å²) in [4.78, 5) is 0. The van der Waals surface area contributed by atoms with Crippen LogP contribution in [-0.2, 0) is 21.8 Å². The van der Waals surface area contributed by atoms with E-state index in [-0.39, 0.29) is 17.1 Å². The van der Waals surface area contributed by atoms with Crippen LogP contribution < -0.4 is 0 Å². The Kier molecular flexibility index (Phi) is 14.7. The maximum absolute atomic E-state index is 4.83. The van der Waals surface area contributed by atoms with Gasteiger partial charge in [-0.2, -0.15) is 0 Å². The van der Waals surface area contributed by atoms with Gasteiger partial charge in [-0.3, -0.25) is 0 Å². The van der Waals surface area contributed by atoms with E-state index in [1.165, 1.54) is 0 Å². The minimum absolute atomic E-state index is 0. The molecule has 0 aromatic rings. The quantitative estimate of drug-likeness (QED) is 0.507. The van der Waals surface area contributed by atoms with Gasteiger partial charge in [0.15, 0.2) is 0 Å². The van der Waals surface area contributed by atoms with Crippen LogP contribution in [0.5, 0.6) is 0 Å². The molecule has 0 unspecified atom stereocenters. The molecule has 40 valence electrons. The monoisotopic (exact) mass is 130 g/mol. The molecule has 0 spiro atoms. The van der Waals surface area contributed by atoms with Crippen molar-refractivity contribution in [2.75, 3.05) is 13.2 Å². The van der Waals surface area contributed by atoms with Crippen LogP contribution in [0.4, 0.5) is 0 Å². The van der Waals surface area contributed by atoms with Gasteiger partial charge in [0.25, 0.3) is 0 Å². The summed E-state index contributed by atoms with van der Waals surface area (Å²) < 4.78 is 4.83. The molecular formula is C4H10FeO. The van der Waals surface area contributed by atoms with Gasteiger partial charge in [-0.25, -0.2) is 0 Å². The zero-order valence-corrected chi connectivity index (χ0v) is 5.28. The summed E-state index contributed by atoms with van der Waals surface area (Å²) in [5.74, 6) is 0. The summed E-state index contributed by atoms with van der Waals surface area (Å²) in [6.07, 6.45) is 0. The van der Waals surface area contributed by atoms with Crippen LogP contribution in [0.25, 0.3) is 0 Å². The minimum Gasteiger partial charge on any atom is -0.382 e. The maximum atomic E-state index is 4.83. The Morgan fingerprint density at radius 3 is 1.50 bits per heavy atom. The van der Waals surface area contributed by atoms with Gasteiger partial charge in [0.1, 0.15) is 0 Å². The van der Waals surface area contributed by atoms with Crippen LogP contribution >= 0.6 is 0 Å². The molecule has 0 radical (unpaired) electrons. The van der Waals surface area contributed by atoms with Crippen molar-refractivity contribution in [1.29, 1.82) is 0 Å². The molecule has 0 atom stereocenters. The molecule has 0 aromatic carbocycles.